The van der Waals surface area contributed by atoms with Crippen molar-refractivity contribution >= 4 is 33.1 Å². The highest BCUT2D eigenvalue weighted by Crippen LogP contribution is 2.18. The number of benzene rings is 1. The monoisotopic (exact) mass is 301 g/mol. The number of halogens is 1. The summed E-state index contributed by atoms with van der Waals surface area (Å²) in [6.07, 6.45) is 1.66. The quantitative estimate of drug-likeness (QED) is 0.767. The molecule has 0 aliphatic carbocycles. The predicted octanol–water partition coefficient (Wildman–Crippen LogP) is 3.64. The van der Waals surface area contributed by atoms with Crippen molar-refractivity contribution in [1.82, 2.24) is 0 Å². The zero-order valence-corrected chi connectivity index (χ0v) is 12.4. The van der Waals surface area contributed by atoms with Crippen LogP contribution in [-0.4, -0.2) is 15.2 Å². The molecule has 88 valence electrons. The number of hydrogen-bond donors (Lipinski definition) is 0. The van der Waals surface area contributed by atoms with Crippen LogP contribution in [0.4, 0.5) is 0 Å². The fourth-order valence-electron chi connectivity index (χ4n) is 1.000. The van der Waals surface area contributed by atoms with Gasteiger partial charge in [0.25, 0.3) is 0 Å². The maximum atomic E-state index is 11.7. The van der Waals surface area contributed by atoms with E-state index in [9.17, 15) is 4.21 Å². The van der Waals surface area contributed by atoms with Crippen LogP contribution in [0.2, 0.25) is 0 Å². The minimum Gasteiger partial charge on any atom is -0.234 e. The Morgan fingerprint density at radius 3 is 2.50 bits per heavy atom. The minimum absolute atomic E-state index is 0.312. The van der Waals surface area contributed by atoms with E-state index in [2.05, 4.69) is 20.3 Å². The van der Waals surface area contributed by atoms with Crippen molar-refractivity contribution in [3.05, 3.63) is 33.8 Å². The topological polar surface area (TPSA) is 29.4 Å². The highest BCUT2D eigenvalue weighted by Gasteiger charge is 2.18. The first-order valence-electron chi connectivity index (χ1n) is 5.03. The summed E-state index contributed by atoms with van der Waals surface area (Å²) in [5.74, 6) is 0. The lowest BCUT2D eigenvalue weighted by molar-refractivity contribution is 0.651. The van der Waals surface area contributed by atoms with Gasteiger partial charge in [-0.3, -0.25) is 0 Å². The maximum absolute atomic E-state index is 11.7. The van der Waals surface area contributed by atoms with Crippen LogP contribution < -0.4 is 0 Å². The van der Waals surface area contributed by atoms with E-state index in [-0.39, 0.29) is 4.75 Å². The molecule has 0 radical (unpaired) electrons. The third kappa shape index (κ3) is 3.83. The van der Waals surface area contributed by atoms with Gasteiger partial charge >= 0.3 is 0 Å². The molecule has 0 amide bonds. The molecule has 1 atom stereocenters. The Kier molecular flexibility index (Phi) is 4.44. The van der Waals surface area contributed by atoms with Crippen LogP contribution in [0.25, 0.3) is 0 Å². The van der Waals surface area contributed by atoms with Gasteiger partial charge in [-0.1, -0.05) is 28.1 Å². The molecule has 0 saturated carbocycles. The molecule has 2 nitrogen and oxygen atoms in total. The normalized spacial score (nSPS) is 14.3. The summed E-state index contributed by atoms with van der Waals surface area (Å²) in [6, 6.07) is 5.98. The van der Waals surface area contributed by atoms with E-state index in [4.69, 9.17) is 0 Å². The van der Waals surface area contributed by atoms with Crippen molar-refractivity contribution in [1.29, 1.82) is 0 Å². The molecule has 1 aromatic rings. The number of hydrogen-bond acceptors (Lipinski definition) is 1. The van der Waals surface area contributed by atoms with Gasteiger partial charge in [0, 0.05) is 16.3 Å². The van der Waals surface area contributed by atoms with E-state index in [1.165, 1.54) is 5.56 Å². The molecule has 0 unspecified atom stereocenters. The Balaban J connectivity index is 2.89. The zero-order valence-electron chi connectivity index (χ0n) is 9.95. The predicted molar refractivity (Wildman–Crippen MR) is 74.4 cm³/mol. The largest absolute Gasteiger partial charge is 0.234 e. The first-order chi connectivity index (χ1) is 7.30. The first-order valence-corrected chi connectivity index (χ1v) is 6.93. The Labute approximate surface area is 108 Å². The van der Waals surface area contributed by atoms with Crippen molar-refractivity contribution in [3.63, 3.8) is 0 Å². The fraction of sp³-hybridized carbons (Fsp3) is 0.417. The van der Waals surface area contributed by atoms with Crippen molar-refractivity contribution in [2.24, 2.45) is 4.40 Å². The van der Waals surface area contributed by atoms with E-state index in [1.54, 1.807) is 6.21 Å². The van der Waals surface area contributed by atoms with Crippen molar-refractivity contribution in [3.8, 4) is 0 Å². The molecule has 1 rings (SSSR count). The lowest BCUT2D eigenvalue weighted by Gasteiger charge is -2.12. The second kappa shape index (κ2) is 5.23. The van der Waals surface area contributed by atoms with Gasteiger partial charge in [-0.2, -0.15) is 4.40 Å². The highest BCUT2D eigenvalue weighted by atomic mass is 79.9. The molecule has 16 heavy (non-hydrogen) atoms. The van der Waals surface area contributed by atoms with Crippen molar-refractivity contribution in [2.45, 2.75) is 32.4 Å². The minimum atomic E-state index is -1.20. The van der Waals surface area contributed by atoms with Gasteiger partial charge in [-0.05, 0) is 39.3 Å². The van der Waals surface area contributed by atoms with Crippen LogP contribution in [0.3, 0.4) is 0 Å². The summed E-state index contributed by atoms with van der Waals surface area (Å²) in [6.45, 7) is 7.75. The van der Waals surface area contributed by atoms with Gasteiger partial charge in [0.1, 0.15) is 11.0 Å². The number of rotatable bonds is 2. The van der Waals surface area contributed by atoms with Crippen LogP contribution in [0.15, 0.2) is 27.1 Å². The van der Waals surface area contributed by atoms with E-state index in [0.29, 0.717) is 0 Å². The van der Waals surface area contributed by atoms with Gasteiger partial charge in [-0.15, -0.1) is 0 Å². The van der Waals surface area contributed by atoms with Crippen LogP contribution in [-0.2, 0) is 11.0 Å². The standard InChI is InChI=1S/C12H16BrNOS/c1-9-5-6-10(11(13)7-9)8-14-16(15)12(2,3)4/h5-8H,1-4H3/b14-8+/t16-/m1/s1. The molecule has 0 N–H and O–H groups in total. The Bertz CT molecular complexity index is 435. The van der Waals surface area contributed by atoms with Gasteiger partial charge in [0.15, 0.2) is 0 Å². The van der Waals surface area contributed by atoms with Gasteiger partial charge in [0.05, 0.1) is 4.75 Å². The molecule has 4 heteroatoms. The Morgan fingerprint density at radius 1 is 1.38 bits per heavy atom. The lowest BCUT2D eigenvalue weighted by Crippen LogP contribution is -2.19. The van der Waals surface area contributed by atoms with E-state index in [1.807, 2.05) is 45.9 Å². The molecule has 0 spiro atoms. The van der Waals surface area contributed by atoms with Gasteiger partial charge in [-0.25, -0.2) is 4.21 Å². The average molecular weight is 302 g/mol. The van der Waals surface area contributed by atoms with Crippen LogP contribution >= 0.6 is 15.9 Å². The summed E-state index contributed by atoms with van der Waals surface area (Å²) < 4.78 is 16.4. The highest BCUT2D eigenvalue weighted by molar-refractivity contribution is 9.10. The number of nitrogens with zero attached hydrogens (tertiary/aromatic N) is 1. The van der Waals surface area contributed by atoms with Crippen LogP contribution in [0.1, 0.15) is 31.9 Å². The lowest BCUT2D eigenvalue weighted by atomic mass is 10.2. The van der Waals surface area contributed by atoms with Gasteiger partial charge < -0.3 is 0 Å². The summed E-state index contributed by atoms with van der Waals surface area (Å²) in [5.41, 5.74) is 2.13. The second-order valence-electron chi connectivity index (χ2n) is 4.62. The molecular formula is C12H16BrNOS. The average Bonchev–Trinajstić information content (AvgIpc) is 2.14. The molecule has 1 aromatic carbocycles. The summed E-state index contributed by atoms with van der Waals surface area (Å²) in [7, 11) is -1.20. The maximum Gasteiger partial charge on any atom is 0.144 e. The number of aryl methyl sites for hydroxylation is 1. The van der Waals surface area contributed by atoms with Crippen LogP contribution in [0, 0.1) is 6.92 Å². The molecule has 0 aliphatic rings. The fourth-order valence-corrected chi connectivity index (χ4v) is 2.12. The summed E-state index contributed by atoms with van der Waals surface area (Å²) in [4.78, 5) is 0. The van der Waals surface area contributed by atoms with Crippen molar-refractivity contribution < 1.29 is 4.21 Å². The second-order valence-corrected chi connectivity index (χ2v) is 7.41. The van der Waals surface area contributed by atoms with Gasteiger partial charge in [0.2, 0.25) is 0 Å². The molecular weight excluding hydrogens is 286 g/mol. The first kappa shape index (κ1) is 13.6. The van der Waals surface area contributed by atoms with E-state index in [0.717, 1.165) is 10.0 Å². The van der Waals surface area contributed by atoms with E-state index < -0.39 is 11.0 Å². The molecule has 0 heterocycles. The van der Waals surface area contributed by atoms with Crippen LogP contribution in [0.5, 0.6) is 0 Å². The van der Waals surface area contributed by atoms with Crippen molar-refractivity contribution in [2.75, 3.05) is 0 Å². The van der Waals surface area contributed by atoms with E-state index >= 15 is 0 Å². The summed E-state index contributed by atoms with van der Waals surface area (Å²) >= 11 is 3.46. The smallest absolute Gasteiger partial charge is 0.144 e. The Morgan fingerprint density at radius 2 is 2.00 bits per heavy atom. The third-order valence-corrected chi connectivity index (χ3v) is 4.00. The Hall–Kier alpha value is -0.480. The SMILES string of the molecule is Cc1ccc(/C=N/[S@](=O)C(C)(C)C)c(Br)c1. The molecule has 0 bridgehead atoms. The molecule has 0 saturated heterocycles. The molecule has 0 aromatic heterocycles. The third-order valence-electron chi connectivity index (χ3n) is 1.97. The molecule has 0 aliphatic heterocycles. The molecule has 0 fully saturated rings. The summed E-state index contributed by atoms with van der Waals surface area (Å²) in [5, 5.41) is 0. The zero-order chi connectivity index (χ0) is 12.3.